The molecule has 1 unspecified atom stereocenters. The number of hydrogen-bond donors (Lipinski definition) is 1. The van der Waals surface area contributed by atoms with Gasteiger partial charge in [0.2, 0.25) is 0 Å². The molecule has 0 radical (unpaired) electrons. The maximum absolute atomic E-state index is 12.6. The maximum Gasteiger partial charge on any atom is 0.306 e. The first-order valence-corrected chi connectivity index (χ1v) is 4.61. The lowest BCUT2D eigenvalue weighted by Gasteiger charge is -2.08. The molecule has 0 bridgehead atoms. The molecule has 1 rings (SSSR count). The fourth-order valence-electron chi connectivity index (χ4n) is 1.27. The van der Waals surface area contributed by atoms with Crippen molar-refractivity contribution in [2.45, 2.75) is 6.42 Å². The highest BCUT2D eigenvalue weighted by molar-refractivity contribution is 5.70. The molecule has 0 fully saturated rings. The first-order chi connectivity index (χ1) is 7.63. The van der Waals surface area contributed by atoms with Crippen LogP contribution in [0.4, 0.5) is 4.39 Å². The molecule has 0 aliphatic rings. The van der Waals surface area contributed by atoms with Crippen molar-refractivity contribution in [3.8, 4) is 0 Å². The average Bonchev–Trinajstić information content (AvgIpc) is 2.26. The average molecular weight is 223 g/mol. The van der Waals surface area contributed by atoms with Crippen LogP contribution < -0.4 is 0 Å². The quantitative estimate of drug-likeness (QED) is 0.472. The monoisotopic (exact) mass is 223 g/mol. The van der Waals surface area contributed by atoms with Gasteiger partial charge in [-0.2, -0.15) is 0 Å². The van der Waals surface area contributed by atoms with Crippen LogP contribution in [0.25, 0.3) is 10.4 Å². The summed E-state index contributed by atoms with van der Waals surface area (Å²) in [5.41, 5.74) is 8.81. The van der Waals surface area contributed by atoms with E-state index in [0.717, 1.165) is 0 Å². The maximum atomic E-state index is 12.6. The van der Waals surface area contributed by atoms with Crippen molar-refractivity contribution in [1.82, 2.24) is 0 Å². The molecule has 0 heterocycles. The molecule has 0 aliphatic carbocycles. The summed E-state index contributed by atoms with van der Waals surface area (Å²) in [5, 5.41) is 12.1. The summed E-state index contributed by atoms with van der Waals surface area (Å²) in [6, 6.07) is 5.56. The molecule has 1 N–H and O–H groups in total. The van der Waals surface area contributed by atoms with Crippen molar-refractivity contribution < 1.29 is 14.3 Å². The molecular weight excluding hydrogens is 213 g/mol. The third-order valence-corrected chi connectivity index (χ3v) is 2.11. The van der Waals surface area contributed by atoms with E-state index in [4.69, 9.17) is 10.6 Å². The molecular formula is C10H10FN3O2. The Bertz CT molecular complexity index is 413. The van der Waals surface area contributed by atoms with Gasteiger partial charge in [0.05, 0.1) is 5.92 Å². The second-order valence-electron chi connectivity index (χ2n) is 3.28. The predicted molar refractivity (Wildman–Crippen MR) is 55.2 cm³/mol. The van der Waals surface area contributed by atoms with Gasteiger partial charge < -0.3 is 5.11 Å². The second-order valence-corrected chi connectivity index (χ2v) is 3.28. The Kier molecular flexibility index (Phi) is 4.29. The molecule has 0 amide bonds. The van der Waals surface area contributed by atoms with Crippen LogP contribution in [0.5, 0.6) is 0 Å². The molecule has 6 heteroatoms. The van der Waals surface area contributed by atoms with E-state index in [1.807, 2.05) is 0 Å². The van der Waals surface area contributed by atoms with Gasteiger partial charge >= 0.3 is 5.97 Å². The molecule has 84 valence electrons. The Labute approximate surface area is 91.1 Å². The Balaban J connectivity index is 2.71. The number of hydrogen-bond acceptors (Lipinski definition) is 2. The first-order valence-electron chi connectivity index (χ1n) is 4.61. The SMILES string of the molecule is [N-]=[N+]=NCC(Cc1ccc(F)cc1)C(=O)O. The Morgan fingerprint density at radius 1 is 1.50 bits per heavy atom. The van der Waals surface area contributed by atoms with Crippen LogP contribution in [0, 0.1) is 11.7 Å². The lowest BCUT2D eigenvalue weighted by molar-refractivity contribution is -0.141. The molecule has 1 aromatic rings. The molecule has 0 aromatic heterocycles. The van der Waals surface area contributed by atoms with Crippen LogP contribution in [0.3, 0.4) is 0 Å². The predicted octanol–water partition coefficient (Wildman–Crippen LogP) is 2.38. The van der Waals surface area contributed by atoms with Crippen molar-refractivity contribution in [3.63, 3.8) is 0 Å². The molecule has 1 aromatic carbocycles. The van der Waals surface area contributed by atoms with Crippen molar-refractivity contribution in [1.29, 1.82) is 0 Å². The molecule has 0 saturated carbocycles. The van der Waals surface area contributed by atoms with Crippen molar-refractivity contribution in [3.05, 3.63) is 46.1 Å². The zero-order valence-electron chi connectivity index (χ0n) is 8.38. The third kappa shape index (κ3) is 3.59. The lowest BCUT2D eigenvalue weighted by Crippen LogP contribution is -2.19. The van der Waals surface area contributed by atoms with Gasteiger partial charge in [-0.05, 0) is 29.6 Å². The van der Waals surface area contributed by atoms with E-state index in [-0.39, 0.29) is 18.8 Å². The van der Waals surface area contributed by atoms with E-state index < -0.39 is 11.9 Å². The Morgan fingerprint density at radius 3 is 2.62 bits per heavy atom. The molecule has 0 spiro atoms. The topological polar surface area (TPSA) is 86.1 Å². The van der Waals surface area contributed by atoms with Crippen molar-refractivity contribution >= 4 is 5.97 Å². The molecule has 0 aliphatic heterocycles. The summed E-state index contributed by atoms with van der Waals surface area (Å²) >= 11 is 0. The minimum Gasteiger partial charge on any atom is -0.481 e. The van der Waals surface area contributed by atoms with Gasteiger partial charge in [0.25, 0.3) is 0 Å². The van der Waals surface area contributed by atoms with Crippen molar-refractivity contribution in [2.75, 3.05) is 6.54 Å². The Morgan fingerprint density at radius 2 is 2.12 bits per heavy atom. The van der Waals surface area contributed by atoms with Gasteiger partial charge in [0, 0.05) is 11.5 Å². The van der Waals surface area contributed by atoms with E-state index in [9.17, 15) is 9.18 Å². The number of carboxylic acids is 1. The minimum atomic E-state index is -1.03. The van der Waals surface area contributed by atoms with Crippen LogP contribution >= 0.6 is 0 Å². The largest absolute Gasteiger partial charge is 0.481 e. The lowest BCUT2D eigenvalue weighted by atomic mass is 10.00. The molecule has 0 saturated heterocycles. The summed E-state index contributed by atoms with van der Waals surface area (Å²) < 4.78 is 12.6. The highest BCUT2D eigenvalue weighted by atomic mass is 19.1. The normalized spacial score (nSPS) is 11.6. The third-order valence-electron chi connectivity index (χ3n) is 2.11. The molecule has 1 atom stereocenters. The summed E-state index contributed by atoms with van der Waals surface area (Å²) in [6.07, 6.45) is 0.217. The number of aliphatic carboxylic acids is 1. The first kappa shape index (κ1) is 12.0. The fraction of sp³-hybridized carbons (Fsp3) is 0.300. The minimum absolute atomic E-state index is 0.108. The van der Waals surface area contributed by atoms with E-state index in [2.05, 4.69) is 10.0 Å². The summed E-state index contributed by atoms with van der Waals surface area (Å²) in [7, 11) is 0. The van der Waals surface area contributed by atoms with Crippen LogP contribution in [0.1, 0.15) is 5.56 Å². The van der Waals surface area contributed by atoms with Gasteiger partial charge in [-0.1, -0.05) is 17.2 Å². The van der Waals surface area contributed by atoms with Gasteiger partial charge in [0.1, 0.15) is 5.82 Å². The van der Waals surface area contributed by atoms with E-state index >= 15 is 0 Å². The number of benzene rings is 1. The fourth-order valence-corrected chi connectivity index (χ4v) is 1.27. The van der Waals surface area contributed by atoms with Crippen LogP contribution in [-0.4, -0.2) is 17.6 Å². The van der Waals surface area contributed by atoms with E-state index in [0.29, 0.717) is 5.56 Å². The summed E-state index contributed by atoms with van der Waals surface area (Å²) in [4.78, 5) is 13.3. The van der Waals surface area contributed by atoms with Gasteiger partial charge in [-0.15, -0.1) is 0 Å². The van der Waals surface area contributed by atoms with Gasteiger partial charge in [-0.25, -0.2) is 4.39 Å². The summed E-state index contributed by atoms with van der Waals surface area (Å²) in [6.45, 7) is -0.108. The van der Waals surface area contributed by atoms with E-state index in [1.165, 1.54) is 24.3 Å². The zero-order chi connectivity index (χ0) is 12.0. The van der Waals surface area contributed by atoms with Gasteiger partial charge in [-0.3, -0.25) is 4.79 Å². The number of carboxylic acid groups (broad SMARTS) is 1. The highest BCUT2D eigenvalue weighted by Crippen LogP contribution is 2.11. The second kappa shape index (κ2) is 5.72. The number of halogens is 1. The molecule has 5 nitrogen and oxygen atoms in total. The number of rotatable bonds is 5. The van der Waals surface area contributed by atoms with Gasteiger partial charge in [0.15, 0.2) is 0 Å². The van der Waals surface area contributed by atoms with E-state index in [1.54, 1.807) is 0 Å². The van der Waals surface area contributed by atoms with Crippen LogP contribution in [0.15, 0.2) is 29.4 Å². The number of carbonyl (C=O) groups is 1. The van der Waals surface area contributed by atoms with Crippen LogP contribution in [0.2, 0.25) is 0 Å². The Hall–Kier alpha value is -2.07. The number of azide groups is 1. The van der Waals surface area contributed by atoms with Crippen molar-refractivity contribution in [2.24, 2.45) is 11.0 Å². The molecule has 16 heavy (non-hydrogen) atoms. The standard InChI is InChI=1S/C10H10FN3O2/c11-9-3-1-7(2-4-9)5-8(10(15)16)6-13-14-12/h1-4,8H,5-6H2,(H,15,16). The van der Waals surface area contributed by atoms with Crippen LogP contribution in [-0.2, 0) is 11.2 Å². The summed E-state index contributed by atoms with van der Waals surface area (Å²) in [5.74, 6) is -2.18. The zero-order valence-corrected chi connectivity index (χ0v) is 8.38. The smallest absolute Gasteiger partial charge is 0.306 e. The number of nitrogens with zero attached hydrogens (tertiary/aromatic N) is 3. The highest BCUT2D eigenvalue weighted by Gasteiger charge is 2.16.